The molecule has 62 valence electrons. The van der Waals surface area contributed by atoms with E-state index in [4.69, 9.17) is 16.6 Å². The first-order chi connectivity index (χ1) is 4.00. The van der Waals surface area contributed by atoms with Gasteiger partial charge in [0.15, 0.2) is 0 Å². The highest BCUT2D eigenvalue weighted by Gasteiger charge is 2.26. The average Bonchev–Trinajstić information content (AvgIpc) is 1.65. The predicted octanol–water partition coefficient (Wildman–Crippen LogP) is -0.441. The van der Waals surface area contributed by atoms with E-state index >= 15 is 0 Å². The van der Waals surface area contributed by atoms with Gasteiger partial charge < -0.3 is 16.6 Å². The van der Waals surface area contributed by atoms with Crippen LogP contribution in [0, 0.1) is 0 Å². The average molecular weight is 169 g/mol. The Balaban J connectivity index is 0. The first-order valence-electron chi connectivity index (χ1n) is 2.73. The van der Waals surface area contributed by atoms with E-state index in [0.29, 0.717) is 13.0 Å². The normalized spacial score (nSPS) is 15.1. The van der Waals surface area contributed by atoms with Gasteiger partial charge in [0.05, 0.1) is 0 Å². The fourth-order valence-electron chi connectivity index (χ4n) is 0.407. The second-order valence-corrected chi connectivity index (χ2v) is 2.26. The topological polar surface area (TPSA) is 89.3 Å². The maximum Gasteiger partial charge on any atom is 0.323 e. The Hall–Kier alpha value is -0.320. The van der Waals surface area contributed by atoms with Crippen molar-refractivity contribution >= 4 is 18.4 Å². The van der Waals surface area contributed by atoms with E-state index in [1.807, 2.05) is 0 Å². The van der Waals surface area contributed by atoms with Crippen molar-refractivity contribution in [3.63, 3.8) is 0 Å². The van der Waals surface area contributed by atoms with Crippen molar-refractivity contribution in [1.29, 1.82) is 0 Å². The first-order valence-corrected chi connectivity index (χ1v) is 2.73. The fraction of sp³-hybridized carbons (Fsp3) is 0.800. The summed E-state index contributed by atoms with van der Waals surface area (Å²) in [5.41, 5.74) is 9.24. The van der Waals surface area contributed by atoms with Crippen LogP contribution in [-0.2, 0) is 4.79 Å². The second-order valence-electron chi connectivity index (χ2n) is 2.26. The van der Waals surface area contributed by atoms with Crippen molar-refractivity contribution in [3.8, 4) is 0 Å². The van der Waals surface area contributed by atoms with E-state index in [2.05, 4.69) is 0 Å². The minimum atomic E-state index is -1.16. The lowest BCUT2D eigenvalue weighted by Gasteiger charge is -2.16. The van der Waals surface area contributed by atoms with Crippen molar-refractivity contribution in [3.05, 3.63) is 0 Å². The van der Waals surface area contributed by atoms with Gasteiger partial charge in [-0.05, 0) is 19.9 Å². The monoisotopic (exact) mass is 168 g/mol. The van der Waals surface area contributed by atoms with Gasteiger partial charge in [-0.15, -0.1) is 12.4 Å². The van der Waals surface area contributed by atoms with Gasteiger partial charge in [0.25, 0.3) is 0 Å². The third-order valence-electron chi connectivity index (χ3n) is 1.15. The standard InChI is InChI=1S/C5H12N2O2.ClH/c1-5(7,2-3-6)4(8)9;/h2-3,6-7H2,1H3,(H,8,9);1H. The number of hydrogen-bond acceptors (Lipinski definition) is 3. The molecule has 0 aromatic rings. The Morgan fingerprint density at radius 3 is 2.20 bits per heavy atom. The van der Waals surface area contributed by atoms with Crippen LogP contribution in [0.5, 0.6) is 0 Å². The molecule has 0 saturated carbocycles. The zero-order chi connectivity index (χ0) is 7.49. The van der Waals surface area contributed by atoms with Crippen LogP contribution in [0.15, 0.2) is 0 Å². The number of nitrogens with two attached hydrogens (primary N) is 2. The molecule has 0 aromatic heterocycles. The molecule has 0 aliphatic heterocycles. The Morgan fingerprint density at radius 1 is 1.70 bits per heavy atom. The van der Waals surface area contributed by atoms with E-state index in [1.54, 1.807) is 0 Å². The number of aliphatic carboxylic acids is 1. The van der Waals surface area contributed by atoms with Gasteiger partial charge in [-0.1, -0.05) is 0 Å². The molecule has 4 nitrogen and oxygen atoms in total. The summed E-state index contributed by atoms with van der Waals surface area (Å²) in [6, 6.07) is 0. The Morgan fingerprint density at radius 2 is 2.10 bits per heavy atom. The van der Waals surface area contributed by atoms with E-state index in [1.165, 1.54) is 6.92 Å². The number of carbonyl (C=O) groups is 1. The van der Waals surface area contributed by atoms with Crippen LogP contribution in [0.4, 0.5) is 0 Å². The summed E-state index contributed by atoms with van der Waals surface area (Å²) < 4.78 is 0. The molecule has 0 bridgehead atoms. The largest absolute Gasteiger partial charge is 0.480 e. The molecule has 0 spiro atoms. The summed E-state index contributed by atoms with van der Waals surface area (Å²) in [5.74, 6) is -1.01. The lowest BCUT2D eigenvalue weighted by molar-refractivity contribution is -0.142. The highest BCUT2D eigenvalue weighted by atomic mass is 35.5. The van der Waals surface area contributed by atoms with Crippen LogP contribution in [-0.4, -0.2) is 23.2 Å². The van der Waals surface area contributed by atoms with E-state index < -0.39 is 11.5 Å². The minimum absolute atomic E-state index is 0. The van der Waals surface area contributed by atoms with Crippen molar-refractivity contribution in [2.75, 3.05) is 6.54 Å². The van der Waals surface area contributed by atoms with Gasteiger partial charge in [-0.2, -0.15) is 0 Å². The van der Waals surface area contributed by atoms with E-state index in [9.17, 15) is 4.79 Å². The SMILES string of the molecule is CC(N)(CCN)C(=O)O.Cl. The van der Waals surface area contributed by atoms with Gasteiger partial charge in [0.1, 0.15) is 5.54 Å². The zero-order valence-corrected chi connectivity index (χ0v) is 6.65. The third kappa shape index (κ3) is 3.66. The summed E-state index contributed by atoms with van der Waals surface area (Å²) in [7, 11) is 0. The molecule has 0 radical (unpaired) electrons. The van der Waals surface area contributed by atoms with Crippen LogP contribution in [0.25, 0.3) is 0 Å². The molecule has 0 aromatic carbocycles. The molecule has 1 atom stereocenters. The Kier molecular flexibility index (Phi) is 5.55. The molecule has 0 fully saturated rings. The van der Waals surface area contributed by atoms with Crippen LogP contribution in [0.2, 0.25) is 0 Å². The summed E-state index contributed by atoms with van der Waals surface area (Å²) in [6.45, 7) is 1.75. The van der Waals surface area contributed by atoms with Crippen LogP contribution in [0.1, 0.15) is 13.3 Å². The molecule has 5 heteroatoms. The summed E-state index contributed by atoms with van der Waals surface area (Å²) in [4.78, 5) is 10.2. The zero-order valence-electron chi connectivity index (χ0n) is 5.83. The molecule has 0 rings (SSSR count). The van der Waals surface area contributed by atoms with Crippen molar-refractivity contribution in [2.45, 2.75) is 18.9 Å². The molecule has 0 aliphatic rings. The van der Waals surface area contributed by atoms with Gasteiger partial charge in [0.2, 0.25) is 0 Å². The van der Waals surface area contributed by atoms with Gasteiger partial charge in [-0.25, -0.2) is 0 Å². The van der Waals surface area contributed by atoms with E-state index in [-0.39, 0.29) is 12.4 Å². The summed E-state index contributed by atoms with van der Waals surface area (Å²) in [5, 5.41) is 8.39. The van der Waals surface area contributed by atoms with E-state index in [0.717, 1.165) is 0 Å². The number of carboxylic acid groups (broad SMARTS) is 1. The third-order valence-corrected chi connectivity index (χ3v) is 1.15. The summed E-state index contributed by atoms with van der Waals surface area (Å²) >= 11 is 0. The molecule has 0 aliphatic carbocycles. The quantitative estimate of drug-likeness (QED) is 0.533. The minimum Gasteiger partial charge on any atom is -0.480 e. The number of hydrogen-bond donors (Lipinski definition) is 3. The lowest BCUT2D eigenvalue weighted by Crippen LogP contribution is -2.46. The maximum atomic E-state index is 10.2. The van der Waals surface area contributed by atoms with Gasteiger partial charge in [-0.3, -0.25) is 4.79 Å². The van der Waals surface area contributed by atoms with Crippen LogP contribution < -0.4 is 11.5 Å². The molecule has 5 N–H and O–H groups in total. The molecular formula is C5H13ClN2O2. The molecular weight excluding hydrogens is 156 g/mol. The van der Waals surface area contributed by atoms with Crippen LogP contribution in [0.3, 0.4) is 0 Å². The first kappa shape index (κ1) is 12.4. The highest BCUT2D eigenvalue weighted by Crippen LogP contribution is 2.02. The number of halogens is 1. The Bertz CT molecular complexity index is 116. The van der Waals surface area contributed by atoms with Gasteiger partial charge >= 0.3 is 5.97 Å². The number of rotatable bonds is 3. The molecule has 0 amide bonds. The maximum absolute atomic E-state index is 10.2. The van der Waals surface area contributed by atoms with Crippen molar-refractivity contribution in [2.24, 2.45) is 11.5 Å². The second kappa shape index (κ2) is 4.49. The molecule has 0 heterocycles. The smallest absolute Gasteiger partial charge is 0.323 e. The fourth-order valence-corrected chi connectivity index (χ4v) is 0.407. The summed E-state index contributed by atoms with van der Waals surface area (Å²) in [6.07, 6.45) is 0.308. The molecule has 0 saturated heterocycles. The molecule has 10 heavy (non-hydrogen) atoms. The predicted molar refractivity (Wildman–Crippen MR) is 41.1 cm³/mol. The lowest BCUT2D eigenvalue weighted by atomic mass is 10.0. The highest BCUT2D eigenvalue weighted by molar-refractivity contribution is 5.85. The van der Waals surface area contributed by atoms with Crippen LogP contribution >= 0.6 is 12.4 Å². The van der Waals surface area contributed by atoms with Crippen molar-refractivity contribution in [1.82, 2.24) is 0 Å². The molecule has 1 unspecified atom stereocenters. The van der Waals surface area contributed by atoms with Gasteiger partial charge in [0, 0.05) is 0 Å². The Labute approximate surface area is 66.0 Å². The number of carboxylic acids is 1. The van der Waals surface area contributed by atoms with Crippen molar-refractivity contribution < 1.29 is 9.90 Å².